The van der Waals surface area contributed by atoms with Gasteiger partial charge in [-0.05, 0) is 42.7 Å². The second-order valence-electron chi connectivity index (χ2n) is 9.61. The van der Waals surface area contributed by atoms with Crippen molar-refractivity contribution in [3.63, 3.8) is 0 Å². The topological polar surface area (TPSA) is 92.5 Å². The van der Waals surface area contributed by atoms with Crippen LogP contribution in [0, 0.1) is 0 Å². The second-order valence-corrected chi connectivity index (χ2v) is 9.61. The smallest absolute Gasteiger partial charge is 0.242 e. The number of hydrogen-bond acceptors (Lipinski definition) is 8. The number of carbonyl (C=O) groups is 1. The van der Waals surface area contributed by atoms with E-state index in [0.29, 0.717) is 12.4 Å². The molecule has 0 aliphatic carbocycles. The fraction of sp³-hybridized carbons (Fsp3) is 0.370. The van der Waals surface area contributed by atoms with E-state index in [4.69, 9.17) is 4.74 Å². The standard InChI is InChI=1S/C27H30N8O2/c1-19-15-32(11-12-35(19)26(36)17-34-18-30-22-6-4-9-29-27(22)34)23-7-3-5-20-8-10-33(16-21(20)23)24-13-28-14-25(31-24)37-2/h3-7,9,13-14,18-19H,8,10-12,15-17H2,1-2H3. The predicted molar refractivity (Wildman–Crippen MR) is 141 cm³/mol. The van der Waals surface area contributed by atoms with Crippen LogP contribution in [0.1, 0.15) is 18.1 Å². The van der Waals surface area contributed by atoms with Gasteiger partial charge in [0.25, 0.3) is 0 Å². The lowest BCUT2D eigenvalue weighted by Gasteiger charge is -2.42. The van der Waals surface area contributed by atoms with Crippen LogP contribution in [0.5, 0.6) is 5.88 Å². The first-order valence-electron chi connectivity index (χ1n) is 12.6. The van der Waals surface area contributed by atoms with Gasteiger partial charge in [-0.3, -0.25) is 9.78 Å². The van der Waals surface area contributed by atoms with Crippen LogP contribution < -0.4 is 14.5 Å². The molecule has 1 atom stereocenters. The first kappa shape index (κ1) is 23.2. The molecule has 2 aliphatic heterocycles. The lowest BCUT2D eigenvalue weighted by molar-refractivity contribution is -0.134. The lowest BCUT2D eigenvalue weighted by Crippen LogP contribution is -2.55. The number of amides is 1. The molecule has 4 aromatic rings. The lowest BCUT2D eigenvalue weighted by atomic mass is 9.96. The van der Waals surface area contributed by atoms with Gasteiger partial charge >= 0.3 is 0 Å². The maximum atomic E-state index is 13.2. The van der Waals surface area contributed by atoms with Crippen molar-refractivity contribution in [1.29, 1.82) is 0 Å². The second kappa shape index (κ2) is 9.68. The number of carbonyl (C=O) groups excluding carboxylic acids is 1. The van der Waals surface area contributed by atoms with Crippen LogP contribution in [0.4, 0.5) is 11.5 Å². The summed E-state index contributed by atoms with van der Waals surface area (Å²) in [6.07, 6.45) is 7.80. The number of pyridine rings is 1. The molecule has 1 saturated heterocycles. The Morgan fingerprint density at radius 3 is 2.86 bits per heavy atom. The average Bonchev–Trinajstić information content (AvgIpc) is 3.35. The van der Waals surface area contributed by atoms with Gasteiger partial charge in [0.1, 0.15) is 12.1 Å². The molecule has 1 amide bonds. The van der Waals surface area contributed by atoms with Crippen LogP contribution >= 0.6 is 0 Å². The van der Waals surface area contributed by atoms with E-state index < -0.39 is 0 Å². The zero-order valence-electron chi connectivity index (χ0n) is 21.1. The summed E-state index contributed by atoms with van der Waals surface area (Å²) in [7, 11) is 1.61. The summed E-state index contributed by atoms with van der Waals surface area (Å²) in [5, 5.41) is 0. The highest BCUT2D eigenvalue weighted by molar-refractivity contribution is 5.79. The zero-order chi connectivity index (χ0) is 25.4. The summed E-state index contributed by atoms with van der Waals surface area (Å²) in [4.78, 5) is 37.6. The van der Waals surface area contributed by atoms with E-state index in [0.717, 1.165) is 49.6 Å². The summed E-state index contributed by atoms with van der Waals surface area (Å²) < 4.78 is 7.11. The molecule has 10 heteroatoms. The van der Waals surface area contributed by atoms with E-state index in [9.17, 15) is 4.79 Å². The van der Waals surface area contributed by atoms with Gasteiger partial charge in [0, 0.05) is 50.6 Å². The van der Waals surface area contributed by atoms with Crippen LogP contribution in [0.2, 0.25) is 0 Å². The molecule has 1 aromatic carbocycles. The predicted octanol–water partition coefficient (Wildman–Crippen LogP) is 2.53. The van der Waals surface area contributed by atoms with Crippen molar-refractivity contribution in [1.82, 2.24) is 29.4 Å². The van der Waals surface area contributed by atoms with Crippen molar-refractivity contribution in [3.8, 4) is 5.88 Å². The molecule has 37 heavy (non-hydrogen) atoms. The quantitative estimate of drug-likeness (QED) is 0.415. The molecule has 3 aromatic heterocycles. The fourth-order valence-electron chi connectivity index (χ4n) is 5.44. The van der Waals surface area contributed by atoms with Crippen LogP contribution in [-0.2, 0) is 24.3 Å². The van der Waals surface area contributed by atoms with Crippen molar-refractivity contribution in [3.05, 3.63) is 66.4 Å². The van der Waals surface area contributed by atoms with Crippen molar-refractivity contribution in [2.45, 2.75) is 32.5 Å². The van der Waals surface area contributed by atoms with Crippen LogP contribution in [0.25, 0.3) is 11.2 Å². The minimum atomic E-state index is 0.0868. The zero-order valence-corrected chi connectivity index (χ0v) is 21.1. The maximum Gasteiger partial charge on any atom is 0.242 e. The van der Waals surface area contributed by atoms with Gasteiger partial charge in [-0.2, -0.15) is 4.98 Å². The molecule has 0 N–H and O–H groups in total. The number of hydrogen-bond donors (Lipinski definition) is 0. The maximum absolute atomic E-state index is 13.2. The first-order valence-corrected chi connectivity index (χ1v) is 12.6. The number of piperazine rings is 1. The largest absolute Gasteiger partial charge is 0.480 e. The van der Waals surface area contributed by atoms with E-state index in [2.05, 4.69) is 54.9 Å². The van der Waals surface area contributed by atoms with Crippen molar-refractivity contribution >= 4 is 28.6 Å². The third-order valence-electron chi connectivity index (χ3n) is 7.35. The van der Waals surface area contributed by atoms with Crippen molar-refractivity contribution < 1.29 is 9.53 Å². The fourth-order valence-corrected chi connectivity index (χ4v) is 5.44. The molecule has 0 spiro atoms. The van der Waals surface area contributed by atoms with E-state index in [1.165, 1.54) is 16.8 Å². The van der Waals surface area contributed by atoms with E-state index in [1.54, 1.807) is 32.0 Å². The third kappa shape index (κ3) is 4.43. The van der Waals surface area contributed by atoms with E-state index in [1.807, 2.05) is 21.6 Å². The van der Waals surface area contributed by atoms with Gasteiger partial charge < -0.3 is 24.0 Å². The van der Waals surface area contributed by atoms with Crippen molar-refractivity contribution in [2.75, 3.05) is 43.1 Å². The molecule has 0 radical (unpaired) electrons. The summed E-state index contributed by atoms with van der Waals surface area (Å²) in [5.74, 6) is 1.44. The Bertz CT molecular complexity index is 1440. The number of benzene rings is 1. The Morgan fingerprint density at radius 1 is 1.08 bits per heavy atom. The Balaban J connectivity index is 1.17. The Morgan fingerprint density at radius 2 is 2.00 bits per heavy atom. The highest BCUT2D eigenvalue weighted by Crippen LogP contribution is 2.32. The van der Waals surface area contributed by atoms with Gasteiger partial charge in [-0.15, -0.1) is 0 Å². The van der Waals surface area contributed by atoms with Gasteiger partial charge in [-0.25, -0.2) is 9.97 Å². The Kier molecular flexibility index (Phi) is 6.07. The Hall–Kier alpha value is -4.21. The Labute approximate surface area is 215 Å². The highest BCUT2D eigenvalue weighted by Gasteiger charge is 2.30. The molecule has 190 valence electrons. The van der Waals surface area contributed by atoms with Gasteiger partial charge in [0.15, 0.2) is 11.5 Å². The molecule has 10 nitrogen and oxygen atoms in total. The van der Waals surface area contributed by atoms with Crippen LogP contribution in [-0.4, -0.2) is 74.6 Å². The minimum absolute atomic E-state index is 0.0868. The first-order chi connectivity index (χ1) is 18.1. The molecule has 0 saturated carbocycles. The number of imidazole rings is 1. The van der Waals surface area contributed by atoms with E-state index >= 15 is 0 Å². The van der Waals surface area contributed by atoms with Gasteiger partial charge in [-0.1, -0.05) is 12.1 Å². The van der Waals surface area contributed by atoms with Gasteiger partial charge in [0.2, 0.25) is 11.8 Å². The third-order valence-corrected chi connectivity index (χ3v) is 7.35. The number of ether oxygens (including phenoxy) is 1. The summed E-state index contributed by atoms with van der Waals surface area (Å²) >= 11 is 0. The molecule has 5 heterocycles. The normalized spacial score (nSPS) is 17.7. The highest BCUT2D eigenvalue weighted by atomic mass is 16.5. The number of methoxy groups -OCH3 is 1. The molecule has 1 fully saturated rings. The molecular weight excluding hydrogens is 468 g/mol. The van der Waals surface area contributed by atoms with E-state index in [-0.39, 0.29) is 18.5 Å². The van der Waals surface area contributed by atoms with Gasteiger partial charge in [0.05, 0.1) is 25.8 Å². The number of rotatable bonds is 5. The number of fused-ring (bicyclic) bond motifs is 2. The van der Waals surface area contributed by atoms with Crippen molar-refractivity contribution in [2.24, 2.45) is 0 Å². The summed E-state index contributed by atoms with van der Waals surface area (Å²) in [6.45, 7) is 6.26. The monoisotopic (exact) mass is 498 g/mol. The number of nitrogens with zero attached hydrogens (tertiary/aromatic N) is 8. The summed E-state index contributed by atoms with van der Waals surface area (Å²) in [5.41, 5.74) is 5.47. The molecule has 0 bridgehead atoms. The van der Waals surface area contributed by atoms with Crippen LogP contribution in [0.15, 0.2) is 55.2 Å². The summed E-state index contributed by atoms with van der Waals surface area (Å²) in [6, 6.07) is 10.4. The molecule has 6 rings (SSSR count). The molecular formula is C27H30N8O2. The molecule has 1 unspecified atom stereocenters. The van der Waals surface area contributed by atoms with Crippen LogP contribution in [0.3, 0.4) is 0 Å². The average molecular weight is 499 g/mol. The number of anilines is 2. The minimum Gasteiger partial charge on any atom is -0.480 e. The molecule has 2 aliphatic rings. The SMILES string of the molecule is COc1cncc(N2CCc3cccc(N4CCN(C(=O)Cn5cnc6cccnc65)C(C)C4)c3C2)n1. The number of aromatic nitrogens is 5.